The maximum Gasteiger partial charge on any atom is 0.337 e. The van der Waals surface area contributed by atoms with E-state index >= 15 is 0 Å². The quantitative estimate of drug-likeness (QED) is 0.850. The van der Waals surface area contributed by atoms with E-state index in [9.17, 15) is 13.2 Å². The van der Waals surface area contributed by atoms with E-state index in [0.29, 0.717) is 0 Å². The second kappa shape index (κ2) is 5.55. The third-order valence-electron chi connectivity index (χ3n) is 2.11. The van der Waals surface area contributed by atoms with Gasteiger partial charge in [0.25, 0.3) is 0 Å². The van der Waals surface area contributed by atoms with E-state index in [0.717, 1.165) is 4.31 Å². The molecule has 0 aliphatic carbocycles. The Morgan fingerprint density at radius 3 is 2.50 bits per heavy atom. The van der Waals surface area contributed by atoms with E-state index in [1.54, 1.807) is 0 Å². The summed E-state index contributed by atoms with van der Waals surface area (Å²) in [7, 11) is 0.311. The van der Waals surface area contributed by atoms with Crippen molar-refractivity contribution in [2.24, 2.45) is 0 Å². The summed E-state index contributed by atoms with van der Waals surface area (Å²) in [4.78, 5) is 11.3. The molecular formula is C10H13ClN2O4S. The second-order valence-electron chi connectivity index (χ2n) is 3.58. The predicted molar refractivity (Wildman–Crippen MR) is 69.0 cm³/mol. The number of methoxy groups -OCH3 is 1. The van der Waals surface area contributed by atoms with Gasteiger partial charge in [0.1, 0.15) is 0 Å². The lowest BCUT2D eigenvalue weighted by Crippen LogP contribution is -2.29. The van der Waals surface area contributed by atoms with Crippen molar-refractivity contribution in [1.29, 1.82) is 0 Å². The van der Waals surface area contributed by atoms with Gasteiger partial charge in [-0.25, -0.2) is 4.79 Å². The number of esters is 1. The molecule has 0 radical (unpaired) electrons. The molecule has 0 atom stereocenters. The van der Waals surface area contributed by atoms with Crippen LogP contribution < -0.4 is 4.72 Å². The van der Waals surface area contributed by atoms with E-state index in [-0.39, 0.29) is 16.3 Å². The van der Waals surface area contributed by atoms with Crippen molar-refractivity contribution in [1.82, 2.24) is 4.31 Å². The van der Waals surface area contributed by atoms with Crippen LogP contribution >= 0.6 is 11.6 Å². The molecule has 8 heteroatoms. The van der Waals surface area contributed by atoms with Crippen molar-refractivity contribution in [3.63, 3.8) is 0 Å². The number of nitrogens with zero attached hydrogens (tertiary/aromatic N) is 1. The van der Waals surface area contributed by atoms with Crippen LogP contribution in [-0.2, 0) is 14.9 Å². The number of ether oxygens (including phenoxy) is 1. The minimum atomic E-state index is -3.68. The first-order valence-electron chi connectivity index (χ1n) is 4.86. The lowest BCUT2D eigenvalue weighted by Gasteiger charge is -2.14. The highest BCUT2D eigenvalue weighted by atomic mass is 35.5. The Morgan fingerprint density at radius 2 is 2.00 bits per heavy atom. The number of hydrogen-bond acceptors (Lipinski definition) is 4. The van der Waals surface area contributed by atoms with E-state index in [4.69, 9.17) is 11.6 Å². The van der Waals surface area contributed by atoms with Gasteiger partial charge in [0, 0.05) is 14.1 Å². The van der Waals surface area contributed by atoms with E-state index in [1.807, 2.05) is 0 Å². The highest BCUT2D eigenvalue weighted by molar-refractivity contribution is 7.90. The average Bonchev–Trinajstić information content (AvgIpc) is 2.30. The third-order valence-corrected chi connectivity index (χ3v) is 3.88. The Hall–Kier alpha value is -1.31. The highest BCUT2D eigenvalue weighted by Crippen LogP contribution is 2.24. The zero-order chi connectivity index (χ0) is 13.9. The Morgan fingerprint density at radius 1 is 1.39 bits per heavy atom. The maximum atomic E-state index is 11.6. The average molecular weight is 293 g/mol. The molecule has 0 aromatic heterocycles. The zero-order valence-electron chi connectivity index (χ0n) is 10.1. The minimum absolute atomic E-state index is 0.119. The highest BCUT2D eigenvalue weighted by Gasteiger charge is 2.16. The van der Waals surface area contributed by atoms with Crippen molar-refractivity contribution >= 4 is 33.5 Å². The van der Waals surface area contributed by atoms with Gasteiger partial charge in [-0.2, -0.15) is 12.7 Å². The number of carbonyl (C=O) groups is 1. The molecule has 0 aliphatic heterocycles. The van der Waals surface area contributed by atoms with Crippen LogP contribution in [0.25, 0.3) is 0 Å². The minimum Gasteiger partial charge on any atom is -0.465 e. The molecule has 1 rings (SSSR count). The van der Waals surface area contributed by atoms with Gasteiger partial charge in [0.2, 0.25) is 0 Å². The molecule has 0 saturated heterocycles. The maximum absolute atomic E-state index is 11.6. The fourth-order valence-corrected chi connectivity index (χ4v) is 1.93. The molecule has 0 heterocycles. The molecule has 0 fully saturated rings. The fraction of sp³-hybridized carbons (Fsp3) is 0.300. The summed E-state index contributed by atoms with van der Waals surface area (Å²) >= 11 is 5.86. The molecular weight excluding hydrogens is 280 g/mol. The molecule has 0 saturated carbocycles. The lowest BCUT2D eigenvalue weighted by molar-refractivity contribution is 0.0601. The van der Waals surface area contributed by atoms with Gasteiger partial charge in [-0.05, 0) is 18.2 Å². The Bertz CT molecular complexity index is 557. The summed E-state index contributed by atoms with van der Waals surface area (Å²) in [5, 5.41) is 0.188. The van der Waals surface area contributed by atoms with Gasteiger partial charge in [-0.15, -0.1) is 0 Å². The molecule has 0 amide bonds. The summed E-state index contributed by atoms with van der Waals surface area (Å²) in [5.41, 5.74) is 0.326. The molecule has 0 aliphatic rings. The number of halogens is 1. The molecule has 0 spiro atoms. The summed E-state index contributed by atoms with van der Waals surface area (Å²) in [6.45, 7) is 0. The van der Waals surface area contributed by atoms with Gasteiger partial charge in [-0.3, -0.25) is 4.72 Å². The van der Waals surface area contributed by atoms with Gasteiger partial charge in [0.15, 0.2) is 0 Å². The fourth-order valence-electron chi connectivity index (χ4n) is 1.08. The van der Waals surface area contributed by atoms with E-state index in [2.05, 4.69) is 9.46 Å². The number of rotatable bonds is 4. The lowest BCUT2D eigenvalue weighted by atomic mass is 10.2. The summed E-state index contributed by atoms with van der Waals surface area (Å²) in [5.74, 6) is -0.572. The van der Waals surface area contributed by atoms with Crippen molar-refractivity contribution in [2.75, 3.05) is 25.9 Å². The number of benzene rings is 1. The van der Waals surface area contributed by atoms with Crippen molar-refractivity contribution in [2.45, 2.75) is 0 Å². The van der Waals surface area contributed by atoms with Crippen LogP contribution in [-0.4, -0.2) is 39.9 Å². The Balaban J connectivity index is 3.13. The predicted octanol–water partition coefficient (Wildman–Crippen LogP) is 1.34. The van der Waals surface area contributed by atoms with Gasteiger partial charge >= 0.3 is 16.2 Å². The van der Waals surface area contributed by atoms with Crippen LogP contribution in [0.3, 0.4) is 0 Å². The molecule has 0 bridgehead atoms. The summed E-state index contributed by atoms with van der Waals surface area (Å²) in [6.07, 6.45) is 0. The number of hydrogen-bond donors (Lipinski definition) is 1. The standard InChI is InChI=1S/C10H13ClN2O4S/c1-13(2)18(15,16)12-9-6-7(10(14)17-3)4-5-8(9)11/h4-6,12H,1-3H3. The summed E-state index contributed by atoms with van der Waals surface area (Å²) < 4.78 is 31.1. The third kappa shape index (κ3) is 3.34. The smallest absolute Gasteiger partial charge is 0.337 e. The van der Waals surface area contributed by atoms with E-state index in [1.165, 1.54) is 39.4 Å². The van der Waals surface area contributed by atoms with Crippen LogP contribution in [0, 0.1) is 0 Å². The van der Waals surface area contributed by atoms with Crippen LogP contribution in [0.2, 0.25) is 5.02 Å². The van der Waals surface area contributed by atoms with Crippen LogP contribution in [0.15, 0.2) is 18.2 Å². The molecule has 1 aromatic rings. The number of nitrogens with one attached hydrogen (secondary N) is 1. The zero-order valence-corrected chi connectivity index (χ0v) is 11.7. The van der Waals surface area contributed by atoms with Crippen molar-refractivity contribution in [3.8, 4) is 0 Å². The first-order valence-corrected chi connectivity index (χ1v) is 6.68. The molecule has 6 nitrogen and oxygen atoms in total. The largest absolute Gasteiger partial charge is 0.465 e. The van der Waals surface area contributed by atoms with Crippen LogP contribution in [0.4, 0.5) is 5.69 Å². The Labute approximate surface area is 111 Å². The van der Waals surface area contributed by atoms with Crippen molar-refractivity contribution in [3.05, 3.63) is 28.8 Å². The Kier molecular flexibility index (Phi) is 4.55. The molecule has 0 unspecified atom stereocenters. The summed E-state index contributed by atoms with van der Waals surface area (Å²) in [6, 6.07) is 4.18. The molecule has 100 valence electrons. The monoisotopic (exact) mass is 292 g/mol. The molecule has 18 heavy (non-hydrogen) atoms. The topological polar surface area (TPSA) is 75.7 Å². The molecule has 1 N–H and O–H groups in total. The normalized spacial score (nSPS) is 11.4. The SMILES string of the molecule is COC(=O)c1ccc(Cl)c(NS(=O)(=O)N(C)C)c1. The number of carbonyl (C=O) groups excluding carboxylic acids is 1. The number of anilines is 1. The first-order chi connectivity index (χ1) is 8.27. The van der Waals surface area contributed by atoms with Gasteiger partial charge in [-0.1, -0.05) is 11.6 Å². The van der Waals surface area contributed by atoms with E-state index < -0.39 is 16.2 Å². The van der Waals surface area contributed by atoms with Crippen LogP contribution in [0.1, 0.15) is 10.4 Å². The van der Waals surface area contributed by atoms with Gasteiger partial charge < -0.3 is 4.74 Å². The van der Waals surface area contributed by atoms with Crippen LogP contribution in [0.5, 0.6) is 0 Å². The first kappa shape index (κ1) is 14.7. The molecule has 1 aromatic carbocycles. The van der Waals surface area contributed by atoms with Crippen molar-refractivity contribution < 1.29 is 17.9 Å². The second-order valence-corrected chi connectivity index (χ2v) is 5.87. The van der Waals surface area contributed by atoms with Gasteiger partial charge in [0.05, 0.1) is 23.4 Å².